The van der Waals surface area contributed by atoms with E-state index in [2.05, 4.69) is 11.9 Å². The number of aromatic hydroxyl groups is 2. The fourth-order valence-electron chi connectivity index (χ4n) is 2.58. The average molecular weight is 264 g/mol. The number of amides is 1. The van der Waals surface area contributed by atoms with Crippen molar-refractivity contribution in [1.82, 2.24) is 9.80 Å². The summed E-state index contributed by atoms with van der Waals surface area (Å²) in [5.74, 6) is 0.111. The van der Waals surface area contributed by atoms with Gasteiger partial charge in [0.1, 0.15) is 11.5 Å². The highest BCUT2D eigenvalue weighted by molar-refractivity contribution is 5.94. The lowest BCUT2D eigenvalue weighted by atomic mass is 10.1. The predicted octanol–water partition coefficient (Wildman–Crippen LogP) is 1.12. The van der Waals surface area contributed by atoms with Crippen molar-refractivity contribution >= 4 is 5.91 Å². The average Bonchev–Trinajstić information content (AvgIpc) is 2.72. The minimum absolute atomic E-state index is 0.0997. The molecular formula is C14H20N2O3. The van der Waals surface area contributed by atoms with Crippen LogP contribution in [0.15, 0.2) is 18.2 Å². The molecule has 104 valence electrons. The quantitative estimate of drug-likeness (QED) is 0.858. The lowest BCUT2D eigenvalue weighted by molar-refractivity contribution is 0.0773. The highest BCUT2D eigenvalue weighted by Crippen LogP contribution is 2.22. The second kappa shape index (κ2) is 5.48. The fourth-order valence-corrected chi connectivity index (χ4v) is 2.58. The molecule has 1 atom stereocenters. The molecule has 1 aromatic carbocycles. The molecule has 1 heterocycles. The molecule has 2 N–H and O–H groups in total. The van der Waals surface area contributed by atoms with E-state index in [0.29, 0.717) is 18.0 Å². The topological polar surface area (TPSA) is 64.0 Å². The monoisotopic (exact) mass is 264 g/mol. The van der Waals surface area contributed by atoms with Gasteiger partial charge >= 0.3 is 0 Å². The fraction of sp³-hybridized carbons (Fsp3) is 0.500. The Hall–Kier alpha value is -1.75. The molecule has 0 bridgehead atoms. The Balaban J connectivity index is 2.02. The summed E-state index contributed by atoms with van der Waals surface area (Å²) in [7, 11) is 3.83. The zero-order valence-electron chi connectivity index (χ0n) is 11.3. The van der Waals surface area contributed by atoms with Gasteiger partial charge in [-0.3, -0.25) is 4.79 Å². The van der Waals surface area contributed by atoms with Crippen molar-refractivity contribution in [3.05, 3.63) is 23.8 Å². The number of hydrogen-bond donors (Lipinski definition) is 2. The van der Waals surface area contributed by atoms with Gasteiger partial charge in [0.05, 0.1) is 0 Å². The van der Waals surface area contributed by atoms with Crippen molar-refractivity contribution in [2.45, 2.75) is 6.42 Å². The molecule has 0 aliphatic carbocycles. The molecule has 1 fully saturated rings. The van der Waals surface area contributed by atoms with Gasteiger partial charge in [-0.25, -0.2) is 0 Å². The van der Waals surface area contributed by atoms with Gasteiger partial charge in [0.2, 0.25) is 0 Å². The Bertz CT molecular complexity index is 456. The third kappa shape index (κ3) is 3.38. The summed E-state index contributed by atoms with van der Waals surface area (Å²) in [6, 6.07) is 3.96. The van der Waals surface area contributed by atoms with Gasteiger partial charge in [-0.1, -0.05) is 0 Å². The summed E-state index contributed by atoms with van der Waals surface area (Å²) in [6.45, 7) is 2.77. The Labute approximate surface area is 113 Å². The van der Waals surface area contributed by atoms with E-state index in [1.165, 1.54) is 18.2 Å². The summed E-state index contributed by atoms with van der Waals surface area (Å²) >= 11 is 0. The predicted molar refractivity (Wildman–Crippen MR) is 72.3 cm³/mol. The van der Waals surface area contributed by atoms with Crippen LogP contribution in [0, 0.1) is 5.92 Å². The third-order valence-corrected chi connectivity index (χ3v) is 3.52. The number of carbonyl (C=O) groups excluding carboxylic acids is 1. The second-order valence-electron chi connectivity index (χ2n) is 5.34. The molecular weight excluding hydrogens is 244 g/mol. The number of benzene rings is 1. The van der Waals surface area contributed by atoms with Crippen LogP contribution in [0.3, 0.4) is 0 Å². The first kappa shape index (κ1) is 13.7. The maximum absolute atomic E-state index is 12.2. The lowest BCUT2D eigenvalue weighted by Gasteiger charge is -2.21. The zero-order valence-corrected chi connectivity index (χ0v) is 11.3. The summed E-state index contributed by atoms with van der Waals surface area (Å²) in [5, 5.41) is 18.8. The van der Waals surface area contributed by atoms with Crippen LogP contribution >= 0.6 is 0 Å². The van der Waals surface area contributed by atoms with Crippen molar-refractivity contribution < 1.29 is 15.0 Å². The second-order valence-corrected chi connectivity index (χ2v) is 5.34. The highest BCUT2D eigenvalue weighted by atomic mass is 16.3. The lowest BCUT2D eigenvalue weighted by Crippen LogP contribution is -2.32. The SMILES string of the molecule is CN1CCC(CN(C)C(=O)c2cc(O)cc(O)c2)C1. The van der Waals surface area contributed by atoms with Gasteiger partial charge in [0, 0.05) is 31.8 Å². The number of nitrogens with zero attached hydrogens (tertiary/aromatic N) is 2. The molecule has 1 aliphatic rings. The van der Waals surface area contributed by atoms with E-state index in [1.807, 2.05) is 0 Å². The number of hydrogen-bond acceptors (Lipinski definition) is 4. The van der Waals surface area contributed by atoms with Crippen LogP contribution < -0.4 is 0 Å². The minimum atomic E-state index is -0.180. The van der Waals surface area contributed by atoms with E-state index in [0.717, 1.165) is 19.5 Å². The van der Waals surface area contributed by atoms with Gasteiger partial charge in [-0.15, -0.1) is 0 Å². The van der Waals surface area contributed by atoms with Crippen LogP contribution in [0.2, 0.25) is 0 Å². The Morgan fingerprint density at radius 1 is 1.37 bits per heavy atom. The number of rotatable bonds is 3. The summed E-state index contributed by atoms with van der Waals surface area (Å²) in [5.41, 5.74) is 0.311. The van der Waals surface area contributed by atoms with Crippen molar-refractivity contribution in [2.24, 2.45) is 5.92 Å². The van der Waals surface area contributed by atoms with Gasteiger partial charge in [-0.2, -0.15) is 0 Å². The molecule has 1 saturated heterocycles. The normalized spacial score (nSPS) is 19.6. The van der Waals surface area contributed by atoms with E-state index in [4.69, 9.17) is 0 Å². The first-order chi connectivity index (χ1) is 8.95. The highest BCUT2D eigenvalue weighted by Gasteiger charge is 2.23. The molecule has 1 unspecified atom stereocenters. The van der Waals surface area contributed by atoms with E-state index < -0.39 is 0 Å². The van der Waals surface area contributed by atoms with Crippen LogP contribution in [0.4, 0.5) is 0 Å². The van der Waals surface area contributed by atoms with Gasteiger partial charge < -0.3 is 20.0 Å². The van der Waals surface area contributed by atoms with Crippen LogP contribution in [0.5, 0.6) is 11.5 Å². The molecule has 0 radical (unpaired) electrons. The van der Waals surface area contributed by atoms with Crippen molar-refractivity contribution in [3.8, 4) is 11.5 Å². The van der Waals surface area contributed by atoms with Crippen molar-refractivity contribution in [2.75, 3.05) is 33.7 Å². The smallest absolute Gasteiger partial charge is 0.253 e. The van der Waals surface area contributed by atoms with Crippen molar-refractivity contribution in [3.63, 3.8) is 0 Å². The molecule has 0 spiro atoms. The van der Waals surface area contributed by atoms with E-state index in [-0.39, 0.29) is 17.4 Å². The molecule has 1 amide bonds. The van der Waals surface area contributed by atoms with Gasteiger partial charge in [0.25, 0.3) is 5.91 Å². The number of phenolic OH excluding ortho intramolecular Hbond substituents is 2. The summed E-state index contributed by atoms with van der Waals surface area (Å²) < 4.78 is 0. The van der Waals surface area contributed by atoms with Crippen LogP contribution in [-0.2, 0) is 0 Å². The molecule has 5 heteroatoms. The molecule has 1 aliphatic heterocycles. The molecule has 2 rings (SSSR count). The maximum Gasteiger partial charge on any atom is 0.253 e. The van der Waals surface area contributed by atoms with E-state index in [1.54, 1.807) is 11.9 Å². The van der Waals surface area contributed by atoms with E-state index in [9.17, 15) is 15.0 Å². The minimum Gasteiger partial charge on any atom is -0.508 e. The molecule has 19 heavy (non-hydrogen) atoms. The summed E-state index contributed by atoms with van der Waals surface area (Å²) in [6.07, 6.45) is 1.10. The largest absolute Gasteiger partial charge is 0.508 e. The van der Waals surface area contributed by atoms with Gasteiger partial charge in [-0.05, 0) is 38.1 Å². The Morgan fingerprint density at radius 2 is 2.00 bits per heavy atom. The molecule has 0 aromatic heterocycles. The standard InChI is InChI=1S/C14H20N2O3/c1-15-4-3-10(8-15)9-16(2)14(19)11-5-12(17)7-13(18)6-11/h5-7,10,17-18H,3-4,8-9H2,1-2H3. The number of carbonyl (C=O) groups is 1. The molecule has 5 nitrogen and oxygen atoms in total. The zero-order chi connectivity index (χ0) is 14.0. The first-order valence-corrected chi connectivity index (χ1v) is 6.42. The van der Waals surface area contributed by atoms with Crippen molar-refractivity contribution in [1.29, 1.82) is 0 Å². The number of likely N-dealkylation sites (tertiary alicyclic amines) is 1. The number of phenols is 2. The Morgan fingerprint density at radius 3 is 2.53 bits per heavy atom. The first-order valence-electron chi connectivity index (χ1n) is 6.42. The molecule has 0 saturated carbocycles. The van der Waals surface area contributed by atoms with Crippen LogP contribution in [0.25, 0.3) is 0 Å². The van der Waals surface area contributed by atoms with E-state index >= 15 is 0 Å². The van der Waals surface area contributed by atoms with Crippen LogP contribution in [-0.4, -0.2) is 59.6 Å². The maximum atomic E-state index is 12.2. The Kier molecular flexibility index (Phi) is 3.95. The third-order valence-electron chi connectivity index (χ3n) is 3.52. The van der Waals surface area contributed by atoms with Crippen LogP contribution in [0.1, 0.15) is 16.8 Å². The van der Waals surface area contributed by atoms with Gasteiger partial charge in [0.15, 0.2) is 0 Å². The molecule has 1 aromatic rings. The summed E-state index contributed by atoms with van der Waals surface area (Å²) in [4.78, 5) is 16.1.